The molecule has 1 aliphatic rings. The number of nitrogens with two attached hydrogens (primary N) is 1. The van der Waals surface area contributed by atoms with Crippen LogP contribution in [-0.4, -0.2) is 11.9 Å². The van der Waals surface area contributed by atoms with Gasteiger partial charge >= 0.3 is 6.03 Å². The summed E-state index contributed by atoms with van der Waals surface area (Å²) in [5.41, 5.74) is 10.5. The summed E-state index contributed by atoms with van der Waals surface area (Å²) in [5, 5.41) is 5.72. The predicted octanol–water partition coefficient (Wildman–Crippen LogP) is 5.15. The molecule has 134 valence electrons. The highest BCUT2D eigenvalue weighted by Gasteiger charge is 2.11. The van der Waals surface area contributed by atoms with E-state index < -0.39 is 0 Å². The minimum Gasteiger partial charge on any atom is -0.387 e. The molecule has 0 saturated carbocycles. The first-order valence-electron chi connectivity index (χ1n) is 8.53. The van der Waals surface area contributed by atoms with Crippen molar-refractivity contribution in [1.82, 2.24) is 0 Å². The van der Waals surface area contributed by atoms with Gasteiger partial charge in [0.2, 0.25) is 0 Å². The van der Waals surface area contributed by atoms with Crippen molar-refractivity contribution in [3.63, 3.8) is 0 Å². The van der Waals surface area contributed by atoms with Crippen LogP contribution in [0.1, 0.15) is 30.9 Å². The van der Waals surface area contributed by atoms with Gasteiger partial charge in [-0.3, -0.25) is 0 Å². The lowest BCUT2D eigenvalue weighted by Crippen LogP contribution is -2.19. The third kappa shape index (κ3) is 4.52. The zero-order valence-corrected chi connectivity index (χ0v) is 16.1. The molecule has 6 heteroatoms. The Morgan fingerprint density at radius 1 is 1.19 bits per heavy atom. The maximum absolute atomic E-state index is 12.3. The zero-order valence-electron chi connectivity index (χ0n) is 14.6. The average Bonchev–Trinajstić information content (AvgIpc) is 3.04. The van der Waals surface area contributed by atoms with Crippen molar-refractivity contribution in [3.8, 4) is 0 Å². The summed E-state index contributed by atoms with van der Waals surface area (Å²) in [6.07, 6.45) is 4.48. The molecule has 0 bridgehead atoms. The number of amidine groups is 1. The van der Waals surface area contributed by atoms with Crippen LogP contribution >= 0.6 is 15.9 Å². The van der Waals surface area contributed by atoms with E-state index in [1.54, 1.807) is 6.20 Å². The lowest BCUT2D eigenvalue weighted by atomic mass is 10.0. The summed E-state index contributed by atoms with van der Waals surface area (Å²) in [6.45, 7) is 2.14. The Morgan fingerprint density at radius 2 is 1.96 bits per heavy atom. The molecule has 3 rings (SSSR count). The van der Waals surface area contributed by atoms with Crippen LogP contribution in [0.3, 0.4) is 0 Å². The summed E-state index contributed by atoms with van der Waals surface area (Å²) < 4.78 is 1.00. The SMILES string of the molecule is CCCc1ccc(NC(=O)Nc2cccc(C3=CN=C(N)C3)c2)cc1Br. The lowest BCUT2D eigenvalue weighted by molar-refractivity contribution is 0.262. The van der Waals surface area contributed by atoms with Gasteiger partial charge in [-0.15, -0.1) is 0 Å². The summed E-state index contributed by atoms with van der Waals surface area (Å²) in [5.74, 6) is 0.605. The standard InChI is InChI=1S/C20H21BrN4O/c1-2-4-13-7-8-17(11-18(13)21)25-20(26)24-16-6-3-5-14(9-16)15-10-19(22)23-12-15/h3,5-9,11-12H,2,4,10H2,1H3,(H2,22,23)(H2,24,25,26). The van der Waals surface area contributed by atoms with Crippen LogP contribution in [0.4, 0.5) is 16.2 Å². The average molecular weight is 413 g/mol. The number of amides is 2. The fraction of sp³-hybridized carbons (Fsp3) is 0.200. The molecular formula is C20H21BrN4O. The first-order chi connectivity index (χ1) is 12.5. The number of nitrogens with one attached hydrogen (secondary N) is 2. The number of urea groups is 1. The monoisotopic (exact) mass is 412 g/mol. The molecule has 0 fully saturated rings. The van der Waals surface area contributed by atoms with Gasteiger partial charge in [-0.25, -0.2) is 9.79 Å². The Bertz CT molecular complexity index is 889. The molecule has 1 heterocycles. The van der Waals surface area contributed by atoms with Gasteiger partial charge in [0.25, 0.3) is 0 Å². The molecule has 0 saturated heterocycles. The predicted molar refractivity (Wildman–Crippen MR) is 111 cm³/mol. The minimum atomic E-state index is -0.284. The van der Waals surface area contributed by atoms with E-state index >= 15 is 0 Å². The molecule has 2 amide bonds. The van der Waals surface area contributed by atoms with Crippen LogP contribution in [-0.2, 0) is 6.42 Å². The summed E-state index contributed by atoms with van der Waals surface area (Å²) in [7, 11) is 0. The fourth-order valence-corrected chi connectivity index (χ4v) is 3.39. The van der Waals surface area contributed by atoms with E-state index in [0.717, 1.165) is 34.1 Å². The van der Waals surface area contributed by atoms with Gasteiger partial charge < -0.3 is 16.4 Å². The third-order valence-corrected chi connectivity index (χ3v) is 4.82. The quantitative estimate of drug-likeness (QED) is 0.634. The first kappa shape index (κ1) is 18.2. The molecule has 0 spiro atoms. The number of benzene rings is 2. The maximum atomic E-state index is 12.3. The van der Waals surface area contributed by atoms with Crippen molar-refractivity contribution in [2.75, 3.05) is 10.6 Å². The Labute approximate surface area is 161 Å². The van der Waals surface area contributed by atoms with Crippen LogP contribution in [0.15, 0.2) is 58.1 Å². The Balaban J connectivity index is 1.64. The number of carbonyl (C=O) groups excluding carboxylic acids is 1. The number of hydrogen-bond donors (Lipinski definition) is 3. The second-order valence-corrected chi connectivity index (χ2v) is 7.02. The molecule has 0 radical (unpaired) electrons. The van der Waals surface area contributed by atoms with Gasteiger partial charge in [0.05, 0.1) is 0 Å². The molecule has 0 unspecified atom stereocenters. The van der Waals surface area contributed by atoms with E-state index in [4.69, 9.17) is 5.73 Å². The maximum Gasteiger partial charge on any atom is 0.323 e. The van der Waals surface area contributed by atoms with E-state index in [1.165, 1.54) is 5.56 Å². The Kier molecular flexibility index (Phi) is 5.73. The molecule has 5 nitrogen and oxygen atoms in total. The molecule has 4 N–H and O–H groups in total. The van der Waals surface area contributed by atoms with E-state index in [0.29, 0.717) is 17.9 Å². The van der Waals surface area contributed by atoms with Gasteiger partial charge in [-0.05, 0) is 47.4 Å². The smallest absolute Gasteiger partial charge is 0.323 e. The van der Waals surface area contributed by atoms with Gasteiger partial charge in [-0.1, -0.05) is 47.5 Å². The van der Waals surface area contributed by atoms with Gasteiger partial charge in [0.15, 0.2) is 0 Å². The molecule has 2 aromatic rings. The Hall–Kier alpha value is -2.60. The van der Waals surface area contributed by atoms with Crippen LogP contribution in [0.5, 0.6) is 0 Å². The number of halogens is 1. The number of anilines is 2. The largest absolute Gasteiger partial charge is 0.387 e. The molecule has 1 aliphatic heterocycles. The highest BCUT2D eigenvalue weighted by atomic mass is 79.9. The molecular weight excluding hydrogens is 392 g/mol. The molecule has 26 heavy (non-hydrogen) atoms. The van der Waals surface area contributed by atoms with Gasteiger partial charge in [-0.2, -0.15) is 0 Å². The van der Waals surface area contributed by atoms with Crippen molar-refractivity contribution >= 4 is 44.7 Å². The number of hydrogen-bond acceptors (Lipinski definition) is 3. The normalized spacial score (nSPS) is 13.2. The topological polar surface area (TPSA) is 79.5 Å². The van der Waals surface area contributed by atoms with Crippen LogP contribution in [0, 0.1) is 0 Å². The highest BCUT2D eigenvalue weighted by molar-refractivity contribution is 9.10. The van der Waals surface area contributed by atoms with Crippen molar-refractivity contribution in [1.29, 1.82) is 0 Å². The van der Waals surface area contributed by atoms with E-state index in [1.807, 2.05) is 42.5 Å². The highest BCUT2D eigenvalue weighted by Crippen LogP contribution is 2.25. The third-order valence-electron chi connectivity index (χ3n) is 4.08. The number of aliphatic imine (C=N–C) groups is 1. The fourth-order valence-electron chi connectivity index (χ4n) is 2.81. The molecule has 2 aromatic carbocycles. The lowest BCUT2D eigenvalue weighted by Gasteiger charge is -2.11. The van der Waals surface area contributed by atoms with E-state index in [2.05, 4.69) is 38.5 Å². The number of rotatable bonds is 5. The van der Waals surface area contributed by atoms with Crippen LogP contribution in [0.25, 0.3) is 5.57 Å². The van der Waals surface area contributed by atoms with Crippen LogP contribution in [0.2, 0.25) is 0 Å². The van der Waals surface area contributed by atoms with Crippen LogP contribution < -0.4 is 16.4 Å². The second-order valence-electron chi connectivity index (χ2n) is 6.17. The van der Waals surface area contributed by atoms with E-state index in [-0.39, 0.29) is 6.03 Å². The number of carbonyl (C=O) groups is 1. The number of nitrogens with zero attached hydrogens (tertiary/aromatic N) is 1. The van der Waals surface area contributed by atoms with Crippen molar-refractivity contribution in [2.24, 2.45) is 10.7 Å². The number of aryl methyl sites for hydroxylation is 1. The van der Waals surface area contributed by atoms with Crippen molar-refractivity contribution < 1.29 is 4.79 Å². The summed E-state index contributed by atoms with van der Waals surface area (Å²) in [4.78, 5) is 16.4. The zero-order chi connectivity index (χ0) is 18.5. The minimum absolute atomic E-state index is 0.284. The van der Waals surface area contributed by atoms with Crippen molar-refractivity contribution in [3.05, 3.63) is 64.3 Å². The van der Waals surface area contributed by atoms with Crippen molar-refractivity contribution in [2.45, 2.75) is 26.2 Å². The van der Waals surface area contributed by atoms with Gasteiger partial charge in [0.1, 0.15) is 5.84 Å². The second kappa shape index (κ2) is 8.19. The van der Waals surface area contributed by atoms with E-state index in [9.17, 15) is 4.79 Å². The Morgan fingerprint density at radius 3 is 2.62 bits per heavy atom. The van der Waals surface area contributed by atoms with Gasteiger partial charge in [0, 0.05) is 28.5 Å². The molecule has 0 aliphatic carbocycles. The molecule has 0 aromatic heterocycles. The summed E-state index contributed by atoms with van der Waals surface area (Å²) >= 11 is 3.56. The molecule has 0 atom stereocenters. The summed E-state index contributed by atoms with van der Waals surface area (Å²) in [6, 6.07) is 13.2. The first-order valence-corrected chi connectivity index (χ1v) is 9.32.